The van der Waals surface area contributed by atoms with Gasteiger partial charge in [-0.3, -0.25) is 19.2 Å². The Morgan fingerprint density at radius 1 is 1.20 bits per heavy atom. The van der Waals surface area contributed by atoms with Crippen molar-refractivity contribution in [1.29, 1.82) is 0 Å². The molecule has 0 aromatic heterocycles. The molecule has 10 nitrogen and oxygen atoms in total. The molecule has 1 fully saturated rings. The second-order valence-electron chi connectivity index (χ2n) is 7.58. The van der Waals surface area contributed by atoms with Crippen molar-refractivity contribution in [3.8, 4) is 11.5 Å². The number of carbonyl (C=O) groups excluding carboxylic acids is 3. The van der Waals surface area contributed by atoms with Crippen LogP contribution in [-0.2, 0) is 19.2 Å². The van der Waals surface area contributed by atoms with Crippen LogP contribution in [0.15, 0.2) is 18.2 Å². The van der Waals surface area contributed by atoms with Crippen molar-refractivity contribution in [3.05, 3.63) is 18.2 Å². The van der Waals surface area contributed by atoms with Gasteiger partial charge in [-0.15, -0.1) is 0 Å². The highest BCUT2D eigenvalue weighted by atomic mass is 16.6. The second kappa shape index (κ2) is 9.02. The van der Waals surface area contributed by atoms with Crippen LogP contribution in [0.5, 0.6) is 11.5 Å². The molecule has 0 spiro atoms. The largest absolute Gasteiger partial charge is 0.486 e. The Bertz CT molecular complexity index is 855. The number of benzene rings is 1. The summed E-state index contributed by atoms with van der Waals surface area (Å²) in [5.74, 6) is -2.10. The molecule has 0 radical (unpaired) electrons. The summed E-state index contributed by atoms with van der Waals surface area (Å²) in [6.07, 6.45) is 0.0157. The lowest BCUT2D eigenvalue weighted by molar-refractivity contribution is -0.138. The highest BCUT2D eigenvalue weighted by molar-refractivity contribution is 6.01. The molecule has 2 aliphatic rings. The maximum atomic E-state index is 12.7. The molecule has 2 aliphatic heterocycles. The highest BCUT2D eigenvalue weighted by Gasteiger charge is 2.37. The normalized spacial score (nSPS) is 18.8. The maximum Gasteiger partial charge on any atom is 0.322 e. The van der Waals surface area contributed by atoms with E-state index in [2.05, 4.69) is 10.6 Å². The molecule has 3 N–H and O–H groups in total. The first-order valence-corrected chi connectivity index (χ1v) is 9.76. The van der Waals surface area contributed by atoms with Gasteiger partial charge in [0.05, 0.1) is 5.92 Å². The van der Waals surface area contributed by atoms with E-state index in [0.29, 0.717) is 30.4 Å². The first kappa shape index (κ1) is 21.4. The molecule has 30 heavy (non-hydrogen) atoms. The monoisotopic (exact) mass is 419 g/mol. The number of hydrogen-bond donors (Lipinski definition) is 3. The van der Waals surface area contributed by atoms with Gasteiger partial charge in [0, 0.05) is 24.7 Å². The van der Waals surface area contributed by atoms with E-state index in [1.54, 1.807) is 32.0 Å². The lowest BCUT2D eigenvalue weighted by Gasteiger charge is -2.24. The van der Waals surface area contributed by atoms with Crippen LogP contribution >= 0.6 is 0 Å². The van der Waals surface area contributed by atoms with E-state index >= 15 is 0 Å². The molecular formula is C20H25N3O7. The average Bonchev–Trinajstić information content (AvgIpc) is 3.11. The van der Waals surface area contributed by atoms with Crippen molar-refractivity contribution in [3.63, 3.8) is 0 Å². The molecule has 1 saturated heterocycles. The third-order valence-corrected chi connectivity index (χ3v) is 4.99. The molecule has 10 heteroatoms. The van der Waals surface area contributed by atoms with Gasteiger partial charge in [-0.2, -0.15) is 0 Å². The molecule has 2 heterocycles. The number of nitrogens with zero attached hydrogens (tertiary/aromatic N) is 1. The molecule has 1 aromatic carbocycles. The zero-order chi connectivity index (χ0) is 21.8. The quantitative estimate of drug-likeness (QED) is 0.573. The zero-order valence-corrected chi connectivity index (χ0v) is 16.8. The van der Waals surface area contributed by atoms with Gasteiger partial charge in [-0.05, 0) is 18.1 Å². The number of fused-ring (bicyclic) bond motifs is 1. The van der Waals surface area contributed by atoms with Gasteiger partial charge in [0.15, 0.2) is 11.5 Å². The molecule has 0 aliphatic carbocycles. The predicted molar refractivity (Wildman–Crippen MR) is 105 cm³/mol. The summed E-state index contributed by atoms with van der Waals surface area (Å²) in [5, 5.41) is 13.6. The molecular weight excluding hydrogens is 394 g/mol. The average molecular weight is 419 g/mol. The molecule has 2 atom stereocenters. The van der Waals surface area contributed by atoms with Crippen molar-refractivity contribution < 1.29 is 33.8 Å². The van der Waals surface area contributed by atoms with Gasteiger partial charge in [0.1, 0.15) is 25.8 Å². The van der Waals surface area contributed by atoms with E-state index in [-0.39, 0.29) is 24.8 Å². The smallest absolute Gasteiger partial charge is 0.322 e. The zero-order valence-electron chi connectivity index (χ0n) is 16.8. The van der Waals surface area contributed by atoms with Crippen molar-refractivity contribution >= 4 is 29.4 Å². The molecule has 1 unspecified atom stereocenters. The highest BCUT2D eigenvalue weighted by Crippen LogP contribution is 2.36. The van der Waals surface area contributed by atoms with E-state index in [0.717, 1.165) is 0 Å². The summed E-state index contributed by atoms with van der Waals surface area (Å²) in [7, 11) is 0. The molecule has 0 bridgehead atoms. The van der Waals surface area contributed by atoms with E-state index in [1.807, 2.05) is 0 Å². The summed E-state index contributed by atoms with van der Waals surface area (Å²) in [6.45, 7) is 4.02. The van der Waals surface area contributed by atoms with Gasteiger partial charge in [-0.1, -0.05) is 13.8 Å². The summed E-state index contributed by atoms with van der Waals surface area (Å²) < 4.78 is 11.0. The van der Waals surface area contributed by atoms with Crippen LogP contribution in [0.3, 0.4) is 0 Å². The fraction of sp³-hybridized carbons (Fsp3) is 0.500. The summed E-state index contributed by atoms with van der Waals surface area (Å²) >= 11 is 0. The fourth-order valence-electron chi connectivity index (χ4n) is 3.41. The molecule has 0 saturated carbocycles. The number of carboxylic acids is 1. The Kier molecular flexibility index (Phi) is 6.43. The minimum Gasteiger partial charge on any atom is -0.486 e. The first-order valence-electron chi connectivity index (χ1n) is 9.76. The van der Waals surface area contributed by atoms with Gasteiger partial charge in [0.25, 0.3) is 0 Å². The van der Waals surface area contributed by atoms with Gasteiger partial charge in [0.2, 0.25) is 17.7 Å². The van der Waals surface area contributed by atoms with Gasteiger partial charge >= 0.3 is 5.97 Å². The van der Waals surface area contributed by atoms with Crippen LogP contribution in [0, 0.1) is 11.8 Å². The van der Waals surface area contributed by atoms with Crippen LogP contribution in [0.1, 0.15) is 20.3 Å². The summed E-state index contributed by atoms with van der Waals surface area (Å²) in [6, 6.07) is 4.28. The van der Waals surface area contributed by atoms with Gasteiger partial charge in [-0.25, -0.2) is 0 Å². The fourth-order valence-corrected chi connectivity index (χ4v) is 3.41. The maximum absolute atomic E-state index is 12.7. The topological polar surface area (TPSA) is 134 Å². The number of amides is 3. The minimum atomic E-state index is -1.17. The second-order valence-corrected chi connectivity index (χ2v) is 7.58. The Labute approximate surface area is 173 Å². The SMILES string of the molecule is CC(C)[C@H](NC(=O)C1CC(=O)N(c2ccc3c(c2)OCCO3)C1)C(=O)NCC(=O)O. The van der Waals surface area contributed by atoms with Gasteiger partial charge < -0.3 is 30.1 Å². The molecule has 3 rings (SSSR count). The number of anilines is 1. The lowest BCUT2D eigenvalue weighted by atomic mass is 10.0. The Morgan fingerprint density at radius 3 is 2.57 bits per heavy atom. The van der Waals surface area contributed by atoms with Crippen molar-refractivity contribution in [2.45, 2.75) is 26.3 Å². The summed E-state index contributed by atoms with van der Waals surface area (Å²) in [4.78, 5) is 49.7. The van der Waals surface area contributed by atoms with Crippen molar-refractivity contribution in [2.24, 2.45) is 11.8 Å². The van der Waals surface area contributed by atoms with Crippen molar-refractivity contribution in [2.75, 3.05) is 31.2 Å². The van der Waals surface area contributed by atoms with E-state index < -0.39 is 36.3 Å². The number of carbonyl (C=O) groups is 4. The predicted octanol–water partition coefficient (Wildman–Crippen LogP) is 0.152. The first-order chi connectivity index (χ1) is 14.3. The Balaban J connectivity index is 1.65. The number of ether oxygens (including phenoxy) is 2. The van der Waals surface area contributed by atoms with E-state index in [4.69, 9.17) is 14.6 Å². The Morgan fingerprint density at radius 2 is 1.90 bits per heavy atom. The number of nitrogens with one attached hydrogen (secondary N) is 2. The summed E-state index contributed by atoms with van der Waals surface area (Å²) in [5.41, 5.74) is 0.610. The van der Waals surface area contributed by atoms with Crippen LogP contribution < -0.4 is 25.0 Å². The molecule has 1 aromatic rings. The van der Waals surface area contributed by atoms with Crippen LogP contribution in [0.4, 0.5) is 5.69 Å². The third-order valence-electron chi connectivity index (χ3n) is 4.99. The standard InChI is InChI=1S/C20H25N3O7/c1-11(2)18(20(28)21-9-17(25)26)22-19(27)12-7-16(24)23(10-12)13-3-4-14-15(8-13)30-6-5-29-14/h3-4,8,11-12,18H,5-7,9-10H2,1-2H3,(H,21,28)(H,22,27)(H,25,26)/t12?,18-/m0/s1. The third kappa shape index (κ3) is 4.81. The number of aliphatic carboxylic acids is 1. The number of hydrogen-bond acceptors (Lipinski definition) is 6. The van der Waals surface area contributed by atoms with E-state index in [9.17, 15) is 19.2 Å². The number of carboxylic acid groups (broad SMARTS) is 1. The molecule has 162 valence electrons. The minimum absolute atomic E-state index is 0.0157. The van der Waals surface area contributed by atoms with Crippen molar-refractivity contribution in [1.82, 2.24) is 10.6 Å². The van der Waals surface area contributed by atoms with Crippen LogP contribution in [0.25, 0.3) is 0 Å². The van der Waals surface area contributed by atoms with Crippen LogP contribution in [-0.4, -0.2) is 61.1 Å². The van der Waals surface area contributed by atoms with E-state index in [1.165, 1.54) is 4.90 Å². The Hall–Kier alpha value is -3.30. The van der Waals surface area contributed by atoms with Crippen LogP contribution in [0.2, 0.25) is 0 Å². The number of rotatable bonds is 7. The lowest BCUT2D eigenvalue weighted by Crippen LogP contribution is -2.52. The molecule has 3 amide bonds.